The van der Waals surface area contributed by atoms with E-state index in [4.69, 9.17) is 11.1 Å². The number of nitrogens with two attached hydrogens (primary N) is 1. The molecule has 0 atom stereocenters. The third-order valence-corrected chi connectivity index (χ3v) is 4.15. The number of anilines is 3. The van der Waals surface area contributed by atoms with Crippen LogP contribution in [0.15, 0.2) is 60.7 Å². The number of carbonyl (C=O) groups excluding carboxylic acids is 1. The molecule has 7 heteroatoms. The maximum absolute atomic E-state index is 13.3. The van der Waals surface area contributed by atoms with Gasteiger partial charge in [-0.2, -0.15) is 0 Å². The maximum atomic E-state index is 13.3. The van der Waals surface area contributed by atoms with Crippen LogP contribution in [0.5, 0.6) is 0 Å². The number of nitrogen functional groups attached to an aromatic ring is 1. The first-order valence-electron chi connectivity index (χ1n) is 8.46. The van der Waals surface area contributed by atoms with Crippen LogP contribution >= 0.6 is 0 Å². The molecule has 3 aromatic carbocycles. The molecule has 0 saturated carbocycles. The fraction of sp³-hybridized carbons (Fsp3) is 0.0476. The van der Waals surface area contributed by atoms with Gasteiger partial charge in [-0.1, -0.05) is 18.2 Å². The lowest BCUT2D eigenvalue weighted by Crippen LogP contribution is -2.14. The highest BCUT2D eigenvalue weighted by atomic mass is 19.2. The zero-order valence-electron chi connectivity index (χ0n) is 14.8. The van der Waals surface area contributed by atoms with Crippen LogP contribution in [-0.2, 0) is 6.54 Å². The number of hydrogen-bond donors (Lipinski definition) is 4. The van der Waals surface area contributed by atoms with Gasteiger partial charge < -0.3 is 21.8 Å². The molecule has 5 nitrogen and oxygen atoms in total. The zero-order valence-corrected chi connectivity index (χ0v) is 14.8. The standard InChI is InChI=1S/C21H18F2N4O/c22-16-7-5-13(9-17(16)23)12-26-19-8-6-14(10-15(19)11-24)21(28)27-20-4-2-1-3-18(20)25/h1-11,24,26H,12,25H2,(H,27,28). The monoisotopic (exact) mass is 380 g/mol. The molecule has 0 aliphatic carbocycles. The summed E-state index contributed by atoms with van der Waals surface area (Å²) in [5.41, 5.74) is 8.78. The molecule has 28 heavy (non-hydrogen) atoms. The second-order valence-electron chi connectivity index (χ2n) is 6.09. The molecular formula is C21H18F2N4O. The van der Waals surface area contributed by atoms with Crippen molar-refractivity contribution in [3.8, 4) is 0 Å². The molecule has 3 rings (SSSR count). The van der Waals surface area contributed by atoms with Gasteiger partial charge in [0.1, 0.15) is 0 Å². The first kappa shape index (κ1) is 19.0. The van der Waals surface area contributed by atoms with Gasteiger partial charge in [0.2, 0.25) is 0 Å². The predicted molar refractivity (Wildman–Crippen MR) is 107 cm³/mol. The smallest absolute Gasteiger partial charge is 0.255 e. The lowest BCUT2D eigenvalue weighted by Gasteiger charge is -2.12. The average Bonchev–Trinajstić information content (AvgIpc) is 2.70. The van der Waals surface area contributed by atoms with E-state index in [1.165, 1.54) is 6.07 Å². The van der Waals surface area contributed by atoms with Crippen molar-refractivity contribution >= 4 is 29.2 Å². The van der Waals surface area contributed by atoms with Gasteiger partial charge >= 0.3 is 0 Å². The third-order valence-electron chi connectivity index (χ3n) is 4.15. The Morgan fingerprint density at radius 1 is 1.00 bits per heavy atom. The molecule has 142 valence electrons. The number of carbonyl (C=O) groups is 1. The van der Waals surface area contributed by atoms with Crippen molar-refractivity contribution in [3.63, 3.8) is 0 Å². The van der Waals surface area contributed by atoms with Gasteiger partial charge in [-0.15, -0.1) is 0 Å². The number of halogens is 2. The summed E-state index contributed by atoms with van der Waals surface area (Å²) in [7, 11) is 0. The van der Waals surface area contributed by atoms with Gasteiger partial charge in [-0.05, 0) is 48.0 Å². The normalized spacial score (nSPS) is 10.4. The van der Waals surface area contributed by atoms with Crippen LogP contribution in [0.2, 0.25) is 0 Å². The van der Waals surface area contributed by atoms with E-state index in [1.807, 2.05) is 0 Å². The minimum Gasteiger partial charge on any atom is -0.397 e. The Morgan fingerprint density at radius 2 is 1.79 bits per heavy atom. The highest BCUT2D eigenvalue weighted by molar-refractivity contribution is 6.07. The summed E-state index contributed by atoms with van der Waals surface area (Å²) in [4.78, 5) is 12.5. The number of rotatable bonds is 6. The van der Waals surface area contributed by atoms with Crippen molar-refractivity contribution in [3.05, 3.63) is 89.0 Å². The summed E-state index contributed by atoms with van der Waals surface area (Å²) in [5, 5.41) is 13.4. The Bertz CT molecular complexity index is 1040. The molecule has 0 radical (unpaired) electrons. The molecule has 3 aromatic rings. The van der Waals surface area contributed by atoms with E-state index in [0.717, 1.165) is 18.3 Å². The second-order valence-corrected chi connectivity index (χ2v) is 6.09. The number of hydrogen-bond acceptors (Lipinski definition) is 4. The molecule has 0 spiro atoms. The average molecular weight is 380 g/mol. The number of amides is 1. The van der Waals surface area contributed by atoms with E-state index in [-0.39, 0.29) is 12.5 Å². The largest absolute Gasteiger partial charge is 0.397 e. The first-order valence-corrected chi connectivity index (χ1v) is 8.46. The Kier molecular flexibility index (Phi) is 5.64. The second kappa shape index (κ2) is 8.30. The lowest BCUT2D eigenvalue weighted by atomic mass is 10.1. The van der Waals surface area contributed by atoms with E-state index in [0.29, 0.717) is 33.8 Å². The predicted octanol–water partition coefficient (Wildman–Crippen LogP) is 4.41. The van der Waals surface area contributed by atoms with Crippen molar-refractivity contribution in [2.45, 2.75) is 6.54 Å². The molecule has 0 aliphatic heterocycles. The van der Waals surface area contributed by atoms with Crippen LogP contribution in [0.4, 0.5) is 25.8 Å². The van der Waals surface area contributed by atoms with Gasteiger partial charge in [-0.25, -0.2) is 8.78 Å². The Labute approximate surface area is 160 Å². The first-order chi connectivity index (χ1) is 13.5. The summed E-state index contributed by atoms with van der Waals surface area (Å²) in [6.07, 6.45) is 1.11. The molecule has 0 unspecified atom stereocenters. The molecular weight excluding hydrogens is 362 g/mol. The van der Waals surface area contributed by atoms with Gasteiger partial charge in [-0.3, -0.25) is 4.79 Å². The maximum Gasteiger partial charge on any atom is 0.255 e. The summed E-state index contributed by atoms with van der Waals surface area (Å²) in [5.74, 6) is -2.18. The van der Waals surface area contributed by atoms with E-state index < -0.39 is 11.6 Å². The van der Waals surface area contributed by atoms with Crippen LogP contribution in [0.3, 0.4) is 0 Å². The van der Waals surface area contributed by atoms with Crippen LogP contribution in [0, 0.1) is 17.0 Å². The van der Waals surface area contributed by atoms with Crippen LogP contribution in [0.25, 0.3) is 0 Å². The molecule has 5 N–H and O–H groups in total. The minimum atomic E-state index is -0.918. The van der Waals surface area contributed by atoms with E-state index in [9.17, 15) is 13.6 Å². The Hall–Kier alpha value is -3.74. The van der Waals surface area contributed by atoms with Gasteiger partial charge in [0.15, 0.2) is 11.6 Å². The van der Waals surface area contributed by atoms with Crippen molar-refractivity contribution in [1.82, 2.24) is 0 Å². The fourth-order valence-electron chi connectivity index (χ4n) is 2.64. The highest BCUT2D eigenvalue weighted by Gasteiger charge is 2.11. The Morgan fingerprint density at radius 3 is 2.50 bits per heavy atom. The van der Waals surface area contributed by atoms with E-state index >= 15 is 0 Å². The minimum absolute atomic E-state index is 0.240. The third kappa shape index (κ3) is 4.32. The van der Waals surface area contributed by atoms with Gasteiger partial charge in [0.05, 0.1) is 11.4 Å². The Balaban J connectivity index is 1.74. The van der Waals surface area contributed by atoms with E-state index in [2.05, 4.69) is 10.6 Å². The summed E-state index contributed by atoms with van der Waals surface area (Å²) in [6.45, 7) is 0.240. The summed E-state index contributed by atoms with van der Waals surface area (Å²) < 4.78 is 26.3. The molecule has 1 amide bonds. The molecule has 0 saturated heterocycles. The zero-order chi connectivity index (χ0) is 20.1. The molecule has 0 fully saturated rings. The molecule has 0 aromatic heterocycles. The summed E-state index contributed by atoms with van der Waals surface area (Å²) >= 11 is 0. The van der Waals surface area contributed by atoms with Crippen LogP contribution < -0.4 is 16.4 Å². The van der Waals surface area contributed by atoms with Gasteiger partial charge in [0, 0.05) is 29.6 Å². The topological polar surface area (TPSA) is 91.0 Å². The molecule has 0 bridgehead atoms. The van der Waals surface area contributed by atoms with Crippen molar-refractivity contribution in [1.29, 1.82) is 5.41 Å². The quantitative estimate of drug-likeness (QED) is 0.377. The SMILES string of the molecule is N=Cc1cc(C(=O)Nc2ccccc2N)ccc1NCc1ccc(F)c(F)c1. The van der Waals surface area contributed by atoms with Crippen molar-refractivity contribution < 1.29 is 13.6 Å². The van der Waals surface area contributed by atoms with E-state index in [1.54, 1.807) is 42.5 Å². The molecule has 0 heterocycles. The lowest BCUT2D eigenvalue weighted by molar-refractivity contribution is 0.102. The van der Waals surface area contributed by atoms with Gasteiger partial charge in [0.25, 0.3) is 5.91 Å². The summed E-state index contributed by atoms with van der Waals surface area (Å²) in [6, 6.07) is 15.4. The number of para-hydroxylation sites is 2. The van der Waals surface area contributed by atoms with Crippen LogP contribution in [-0.4, -0.2) is 12.1 Å². The number of benzene rings is 3. The van der Waals surface area contributed by atoms with Crippen LogP contribution in [0.1, 0.15) is 21.5 Å². The number of nitrogens with one attached hydrogen (secondary N) is 3. The highest BCUT2D eigenvalue weighted by Crippen LogP contribution is 2.21. The van der Waals surface area contributed by atoms with Crippen molar-refractivity contribution in [2.75, 3.05) is 16.4 Å². The van der Waals surface area contributed by atoms with Crippen molar-refractivity contribution in [2.24, 2.45) is 0 Å². The molecule has 0 aliphatic rings. The fourth-order valence-corrected chi connectivity index (χ4v) is 2.64.